The zero-order valence-electron chi connectivity index (χ0n) is 18.2. The SMILES string of the molecule is CCC(C)(C)C(=O)OC(=C(C#N)c1csc(-c2ccccc2)n1)c1ccccc1C(F)(F)F. The third-order valence-corrected chi connectivity index (χ3v) is 6.12. The highest BCUT2D eigenvalue weighted by Gasteiger charge is 2.37. The van der Waals surface area contributed by atoms with E-state index in [0.29, 0.717) is 11.4 Å². The molecule has 0 radical (unpaired) electrons. The summed E-state index contributed by atoms with van der Waals surface area (Å²) in [7, 11) is 0. The largest absolute Gasteiger partial charge is 0.424 e. The number of nitrogens with zero attached hydrogens (tertiary/aromatic N) is 2. The average Bonchev–Trinajstić information content (AvgIpc) is 3.28. The molecule has 3 aromatic rings. The summed E-state index contributed by atoms with van der Waals surface area (Å²) >= 11 is 1.24. The summed E-state index contributed by atoms with van der Waals surface area (Å²) in [5.41, 5.74) is -1.67. The van der Waals surface area contributed by atoms with Crippen molar-refractivity contribution in [1.82, 2.24) is 4.98 Å². The lowest BCUT2D eigenvalue weighted by Gasteiger charge is -2.23. The fraction of sp³-hybridized carbons (Fsp3) is 0.240. The van der Waals surface area contributed by atoms with Crippen molar-refractivity contribution >= 4 is 28.6 Å². The first kappa shape index (κ1) is 24.2. The molecule has 0 spiro atoms. The minimum absolute atomic E-state index is 0.135. The standard InChI is InChI=1S/C25H21F3N2O2S/c1-4-24(2,3)23(31)32-21(17-12-8-9-13-19(17)25(26,27)28)18(14-29)20-15-33-22(30-20)16-10-6-5-7-11-16/h5-13,15H,4H2,1-3H3. The molecule has 0 amide bonds. The van der Waals surface area contributed by atoms with Crippen LogP contribution in [0.25, 0.3) is 21.9 Å². The molecule has 33 heavy (non-hydrogen) atoms. The van der Waals surface area contributed by atoms with Crippen LogP contribution in [0.1, 0.15) is 44.0 Å². The molecule has 170 valence electrons. The number of aromatic nitrogens is 1. The number of benzene rings is 2. The molecule has 8 heteroatoms. The Bertz CT molecular complexity index is 1220. The fourth-order valence-corrected chi connectivity index (χ4v) is 3.69. The molecule has 0 bridgehead atoms. The van der Waals surface area contributed by atoms with Crippen molar-refractivity contribution in [2.75, 3.05) is 0 Å². The van der Waals surface area contributed by atoms with Gasteiger partial charge in [-0.2, -0.15) is 18.4 Å². The van der Waals surface area contributed by atoms with Crippen molar-refractivity contribution in [2.45, 2.75) is 33.4 Å². The number of hydrogen-bond acceptors (Lipinski definition) is 5. The highest BCUT2D eigenvalue weighted by molar-refractivity contribution is 7.13. The lowest BCUT2D eigenvalue weighted by Crippen LogP contribution is -2.26. The summed E-state index contributed by atoms with van der Waals surface area (Å²) in [6.45, 7) is 5.03. The van der Waals surface area contributed by atoms with Gasteiger partial charge in [0.05, 0.1) is 16.7 Å². The number of carbonyl (C=O) groups excluding carboxylic acids is 1. The second-order valence-corrected chi connectivity index (χ2v) is 8.75. The monoisotopic (exact) mass is 470 g/mol. The lowest BCUT2D eigenvalue weighted by molar-refractivity contribution is -0.147. The summed E-state index contributed by atoms with van der Waals surface area (Å²) in [6, 6.07) is 15.8. The number of nitriles is 1. The van der Waals surface area contributed by atoms with Gasteiger partial charge in [0.2, 0.25) is 0 Å². The summed E-state index contributed by atoms with van der Waals surface area (Å²) in [4.78, 5) is 17.3. The predicted octanol–water partition coefficient (Wildman–Crippen LogP) is 7.20. The van der Waals surface area contributed by atoms with Crippen molar-refractivity contribution in [3.63, 3.8) is 0 Å². The van der Waals surface area contributed by atoms with Crippen LogP contribution in [0.3, 0.4) is 0 Å². The van der Waals surface area contributed by atoms with Crippen molar-refractivity contribution in [3.05, 3.63) is 76.8 Å². The second kappa shape index (κ2) is 9.59. The van der Waals surface area contributed by atoms with Crippen LogP contribution >= 0.6 is 11.3 Å². The van der Waals surface area contributed by atoms with Crippen molar-refractivity contribution in [2.24, 2.45) is 5.41 Å². The first-order valence-electron chi connectivity index (χ1n) is 10.1. The Morgan fingerprint density at radius 1 is 1.09 bits per heavy atom. The van der Waals surface area contributed by atoms with Gasteiger partial charge in [-0.3, -0.25) is 4.79 Å². The Kier molecular flexibility index (Phi) is 7.04. The number of ether oxygens (including phenoxy) is 1. The van der Waals surface area contributed by atoms with E-state index in [1.807, 2.05) is 36.4 Å². The topological polar surface area (TPSA) is 63.0 Å². The van der Waals surface area contributed by atoms with E-state index >= 15 is 0 Å². The highest BCUT2D eigenvalue weighted by atomic mass is 32.1. The van der Waals surface area contributed by atoms with E-state index in [1.54, 1.807) is 26.2 Å². The molecule has 1 aromatic heterocycles. The van der Waals surface area contributed by atoms with E-state index in [9.17, 15) is 23.2 Å². The minimum atomic E-state index is -4.72. The maximum absolute atomic E-state index is 13.8. The zero-order valence-corrected chi connectivity index (χ0v) is 19.1. The number of rotatable bonds is 6. The molecule has 2 aromatic carbocycles. The van der Waals surface area contributed by atoms with Gasteiger partial charge in [0, 0.05) is 16.5 Å². The summed E-state index contributed by atoms with van der Waals surface area (Å²) in [6.07, 6.45) is -4.32. The molecular formula is C25H21F3N2O2S. The van der Waals surface area contributed by atoms with E-state index in [0.717, 1.165) is 11.6 Å². The summed E-state index contributed by atoms with van der Waals surface area (Å²) in [5.74, 6) is -1.19. The number of esters is 1. The molecule has 0 unspecified atom stereocenters. The average molecular weight is 471 g/mol. The number of hydrogen-bond donors (Lipinski definition) is 0. The van der Waals surface area contributed by atoms with Gasteiger partial charge in [0.15, 0.2) is 5.76 Å². The van der Waals surface area contributed by atoms with Crippen LogP contribution in [0, 0.1) is 16.7 Å². The molecule has 0 aliphatic heterocycles. The summed E-state index contributed by atoms with van der Waals surface area (Å²) < 4.78 is 46.9. The van der Waals surface area contributed by atoms with Gasteiger partial charge < -0.3 is 4.74 Å². The lowest BCUT2D eigenvalue weighted by atomic mass is 9.90. The van der Waals surface area contributed by atoms with Gasteiger partial charge >= 0.3 is 12.1 Å². The van der Waals surface area contributed by atoms with Gasteiger partial charge in [-0.05, 0) is 26.3 Å². The number of alkyl halides is 3. The van der Waals surface area contributed by atoms with Crippen LogP contribution in [0.4, 0.5) is 13.2 Å². The number of carbonyl (C=O) groups is 1. The Labute approximate surface area is 194 Å². The van der Waals surface area contributed by atoms with Crippen molar-refractivity contribution < 1.29 is 22.7 Å². The van der Waals surface area contributed by atoms with Crippen LogP contribution in [-0.4, -0.2) is 11.0 Å². The van der Waals surface area contributed by atoms with Crippen molar-refractivity contribution in [3.8, 4) is 16.6 Å². The first-order chi connectivity index (χ1) is 15.6. The summed E-state index contributed by atoms with van der Waals surface area (Å²) in [5, 5.41) is 12.1. The minimum Gasteiger partial charge on any atom is -0.424 e. The first-order valence-corrected chi connectivity index (χ1v) is 11.0. The highest BCUT2D eigenvalue weighted by Crippen LogP contribution is 2.39. The fourth-order valence-electron chi connectivity index (χ4n) is 2.87. The molecule has 0 fully saturated rings. The van der Waals surface area contributed by atoms with Gasteiger partial charge in [-0.15, -0.1) is 11.3 Å². The smallest absolute Gasteiger partial charge is 0.417 e. The third-order valence-electron chi connectivity index (χ3n) is 5.23. The Morgan fingerprint density at radius 2 is 1.73 bits per heavy atom. The Morgan fingerprint density at radius 3 is 2.33 bits per heavy atom. The van der Waals surface area contributed by atoms with Crippen LogP contribution in [0.2, 0.25) is 0 Å². The molecule has 0 saturated heterocycles. The zero-order chi connectivity index (χ0) is 24.2. The van der Waals surface area contributed by atoms with Gasteiger partial charge in [0.1, 0.15) is 16.6 Å². The maximum Gasteiger partial charge on any atom is 0.417 e. The molecule has 0 N–H and O–H groups in total. The van der Waals surface area contributed by atoms with E-state index in [4.69, 9.17) is 4.74 Å². The second-order valence-electron chi connectivity index (χ2n) is 7.89. The third kappa shape index (κ3) is 5.32. The van der Waals surface area contributed by atoms with Crippen LogP contribution in [0.15, 0.2) is 60.0 Å². The molecule has 0 saturated carbocycles. The van der Waals surface area contributed by atoms with Gasteiger partial charge in [-0.1, -0.05) is 55.5 Å². The Balaban J connectivity index is 2.23. The van der Waals surface area contributed by atoms with Gasteiger partial charge in [0.25, 0.3) is 0 Å². The molecule has 3 rings (SSSR count). The van der Waals surface area contributed by atoms with Crippen molar-refractivity contribution in [1.29, 1.82) is 5.26 Å². The normalized spacial score (nSPS) is 12.6. The van der Waals surface area contributed by atoms with Gasteiger partial charge in [-0.25, -0.2) is 4.98 Å². The number of thiazole rings is 1. The quantitative estimate of drug-likeness (QED) is 0.217. The van der Waals surface area contributed by atoms with Crippen LogP contribution in [-0.2, 0) is 15.7 Å². The maximum atomic E-state index is 13.8. The molecule has 0 aliphatic carbocycles. The van der Waals surface area contributed by atoms with E-state index < -0.39 is 34.4 Å². The van der Waals surface area contributed by atoms with E-state index in [1.165, 1.54) is 29.5 Å². The van der Waals surface area contributed by atoms with Crippen LogP contribution < -0.4 is 0 Å². The number of allylic oxidation sites excluding steroid dienone is 1. The Hall–Kier alpha value is -3.44. The van der Waals surface area contributed by atoms with Crippen LogP contribution in [0.5, 0.6) is 0 Å². The number of halogens is 3. The molecule has 0 aliphatic rings. The van der Waals surface area contributed by atoms with E-state index in [-0.39, 0.29) is 11.3 Å². The molecule has 1 heterocycles. The molecular weight excluding hydrogens is 449 g/mol. The molecule has 4 nitrogen and oxygen atoms in total. The predicted molar refractivity (Wildman–Crippen MR) is 122 cm³/mol. The molecule has 0 atom stereocenters. The van der Waals surface area contributed by atoms with E-state index in [2.05, 4.69) is 4.98 Å².